The van der Waals surface area contributed by atoms with Crippen molar-refractivity contribution in [1.29, 1.82) is 0 Å². The molecule has 5 nitrogen and oxygen atoms in total. The van der Waals surface area contributed by atoms with Gasteiger partial charge in [-0.2, -0.15) is 0 Å². The Bertz CT molecular complexity index is 754. The van der Waals surface area contributed by atoms with E-state index >= 15 is 0 Å². The number of carbonyl (C=O) groups excluding carboxylic acids is 1. The fourth-order valence-electron chi connectivity index (χ4n) is 4.24. The van der Waals surface area contributed by atoms with Gasteiger partial charge < -0.3 is 14.8 Å². The summed E-state index contributed by atoms with van der Waals surface area (Å²) in [5, 5.41) is 3.40. The molecule has 132 valence electrons. The second-order valence-electron chi connectivity index (χ2n) is 7.29. The van der Waals surface area contributed by atoms with E-state index in [9.17, 15) is 4.79 Å². The Labute approximate surface area is 149 Å². The molecule has 2 aromatic rings. The smallest absolute Gasteiger partial charge is 0.223 e. The fourth-order valence-corrected chi connectivity index (χ4v) is 4.24. The van der Waals surface area contributed by atoms with Gasteiger partial charge in [-0.25, -0.2) is 4.98 Å². The molecule has 2 heterocycles. The summed E-state index contributed by atoms with van der Waals surface area (Å²) in [5.74, 6) is 1.70. The number of hydrogen-bond donors (Lipinski definition) is 1. The minimum Gasteiger partial charge on any atom is -0.336 e. The fraction of sp³-hybridized carbons (Fsp3) is 0.500. The summed E-state index contributed by atoms with van der Waals surface area (Å²) < 4.78 is 2.02. The van der Waals surface area contributed by atoms with E-state index in [0.717, 1.165) is 44.7 Å². The Morgan fingerprint density at radius 3 is 2.96 bits per heavy atom. The number of aromatic nitrogens is 2. The largest absolute Gasteiger partial charge is 0.336 e. The lowest BCUT2D eigenvalue weighted by Gasteiger charge is -2.37. The van der Waals surface area contributed by atoms with Gasteiger partial charge >= 0.3 is 0 Å². The van der Waals surface area contributed by atoms with Crippen LogP contribution in [0.2, 0.25) is 0 Å². The normalized spacial score (nSPS) is 23.3. The van der Waals surface area contributed by atoms with Crippen LogP contribution in [-0.4, -0.2) is 40.0 Å². The predicted molar refractivity (Wildman–Crippen MR) is 97.1 cm³/mol. The van der Waals surface area contributed by atoms with Crippen molar-refractivity contribution in [3.63, 3.8) is 0 Å². The molecule has 2 aliphatic rings. The highest BCUT2D eigenvalue weighted by molar-refractivity contribution is 5.77. The van der Waals surface area contributed by atoms with Gasteiger partial charge in [0.05, 0.1) is 0 Å². The molecule has 0 radical (unpaired) electrons. The molecule has 1 amide bonds. The van der Waals surface area contributed by atoms with E-state index in [4.69, 9.17) is 0 Å². The number of rotatable bonds is 3. The lowest BCUT2D eigenvalue weighted by molar-refractivity contribution is -0.135. The van der Waals surface area contributed by atoms with Gasteiger partial charge in [0.1, 0.15) is 11.9 Å². The van der Waals surface area contributed by atoms with Crippen molar-refractivity contribution in [3.8, 4) is 0 Å². The molecule has 0 bridgehead atoms. The quantitative estimate of drug-likeness (QED) is 0.932. The molecule has 25 heavy (non-hydrogen) atoms. The average Bonchev–Trinajstić information content (AvgIpc) is 3.07. The highest BCUT2D eigenvalue weighted by Gasteiger charge is 2.32. The van der Waals surface area contributed by atoms with Crippen LogP contribution < -0.4 is 5.32 Å². The number of nitrogens with one attached hydrogen (secondary N) is 1. The summed E-state index contributed by atoms with van der Waals surface area (Å²) in [7, 11) is 2.00. The summed E-state index contributed by atoms with van der Waals surface area (Å²) in [6.45, 7) is 2.41. The maximum Gasteiger partial charge on any atom is 0.223 e. The van der Waals surface area contributed by atoms with Crippen LogP contribution in [0, 0.1) is 5.92 Å². The SMILES string of the molecule is Cn1ccnc1C1CNCCN1C(=O)CC1CCc2ccccc2C1. The van der Waals surface area contributed by atoms with Crippen molar-refractivity contribution in [2.45, 2.75) is 31.7 Å². The number of carbonyl (C=O) groups is 1. The molecule has 1 fully saturated rings. The Balaban J connectivity index is 1.46. The molecule has 1 aromatic carbocycles. The number of imidazole rings is 1. The van der Waals surface area contributed by atoms with Crippen molar-refractivity contribution >= 4 is 5.91 Å². The average molecular weight is 338 g/mol. The first kappa shape index (κ1) is 16.3. The van der Waals surface area contributed by atoms with Gasteiger partial charge in [0.15, 0.2) is 0 Å². The Hall–Kier alpha value is -2.14. The molecule has 1 aliphatic heterocycles. The van der Waals surface area contributed by atoms with Gasteiger partial charge in [-0.05, 0) is 36.3 Å². The highest BCUT2D eigenvalue weighted by Crippen LogP contribution is 2.29. The van der Waals surface area contributed by atoms with Gasteiger partial charge in [-0.15, -0.1) is 0 Å². The first-order valence-corrected chi connectivity index (χ1v) is 9.26. The second-order valence-corrected chi connectivity index (χ2v) is 7.29. The van der Waals surface area contributed by atoms with Gasteiger partial charge in [-0.3, -0.25) is 4.79 Å². The third-order valence-corrected chi connectivity index (χ3v) is 5.63. The molecule has 1 saturated heterocycles. The van der Waals surface area contributed by atoms with E-state index in [1.807, 2.05) is 28.9 Å². The summed E-state index contributed by atoms with van der Waals surface area (Å²) in [6.07, 6.45) is 7.64. The van der Waals surface area contributed by atoms with E-state index in [0.29, 0.717) is 12.3 Å². The van der Waals surface area contributed by atoms with Crippen molar-refractivity contribution in [2.24, 2.45) is 13.0 Å². The molecule has 5 heteroatoms. The van der Waals surface area contributed by atoms with E-state index in [2.05, 4.69) is 34.6 Å². The monoisotopic (exact) mass is 338 g/mol. The lowest BCUT2D eigenvalue weighted by Crippen LogP contribution is -2.49. The van der Waals surface area contributed by atoms with E-state index in [1.54, 1.807) is 0 Å². The molecule has 2 unspecified atom stereocenters. The number of benzene rings is 1. The van der Waals surface area contributed by atoms with E-state index in [-0.39, 0.29) is 11.9 Å². The number of amides is 1. The zero-order valence-corrected chi connectivity index (χ0v) is 14.8. The van der Waals surface area contributed by atoms with Crippen LogP contribution >= 0.6 is 0 Å². The predicted octanol–water partition coefficient (Wildman–Crippen LogP) is 2.09. The van der Waals surface area contributed by atoms with Crippen LogP contribution in [0.1, 0.15) is 35.8 Å². The first-order chi connectivity index (χ1) is 12.2. The van der Waals surface area contributed by atoms with Crippen LogP contribution in [0.25, 0.3) is 0 Å². The summed E-state index contributed by atoms with van der Waals surface area (Å²) in [5.41, 5.74) is 2.88. The standard InChI is InChI=1S/C20H26N4O/c1-23-10-9-22-20(23)18-14-21-8-11-24(18)19(25)13-15-6-7-16-4-2-3-5-17(16)12-15/h2-5,9-10,15,18,21H,6-8,11-14H2,1H3. The van der Waals surface area contributed by atoms with Crippen molar-refractivity contribution in [3.05, 3.63) is 53.6 Å². The number of nitrogens with zero attached hydrogens (tertiary/aromatic N) is 3. The van der Waals surface area contributed by atoms with Crippen molar-refractivity contribution < 1.29 is 4.79 Å². The zero-order valence-electron chi connectivity index (χ0n) is 14.8. The number of piperazine rings is 1. The van der Waals surface area contributed by atoms with Crippen LogP contribution in [-0.2, 0) is 24.7 Å². The van der Waals surface area contributed by atoms with Crippen molar-refractivity contribution in [2.75, 3.05) is 19.6 Å². The molecule has 0 saturated carbocycles. The van der Waals surface area contributed by atoms with E-state index in [1.165, 1.54) is 11.1 Å². The number of fused-ring (bicyclic) bond motifs is 1. The third kappa shape index (κ3) is 3.33. The van der Waals surface area contributed by atoms with Gasteiger partial charge in [0.2, 0.25) is 5.91 Å². The molecule has 1 N–H and O–H groups in total. The highest BCUT2D eigenvalue weighted by atomic mass is 16.2. The van der Waals surface area contributed by atoms with Crippen LogP contribution in [0.3, 0.4) is 0 Å². The Kier molecular flexibility index (Phi) is 4.57. The summed E-state index contributed by atoms with van der Waals surface area (Å²) in [6, 6.07) is 8.70. The lowest BCUT2D eigenvalue weighted by atomic mass is 9.82. The molecule has 1 aromatic heterocycles. The van der Waals surface area contributed by atoms with Crippen LogP contribution in [0.4, 0.5) is 0 Å². The molecule has 0 spiro atoms. The Morgan fingerprint density at radius 1 is 1.32 bits per heavy atom. The molecular weight excluding hydrogens is 312 g/mol. The number of aryl methyl sites for hydroxylation is 2. The summed E-state index contributed by atoms with van der Waals surface area (Å²) >= 11 is 0. The minimum atomic E-state index is 0.0390. The topological polar surface area (TPSA) is 50.2 Å². The molecule has 2 atom stereocenters. The maximum atomic E-state index is 13.1. The summed E-state index contributed by atoms with van der Waals surface area (Å²) in [4.78, 5) is 19.6. The van der Waals surface area contributed by atoms with Gasteiger partial charge in [0.25, 0.3) is 0 Å². The molecule has 4 rings (SSSR count). The van der Waals surface area contributed by atoms with Gasteiger partial charge in [0, 0.05) is 45.5 Å². The second kappa shape index (κ2) is 7.00. The van der Waals surface area contributed by atoms with Crippen molar-refractivity contribution in [1.82, 2.24) is 19.8 Å². The minimum absolute atomic E-state index is 0.0390. The number of hydrogen-bond acceptors (Lipinski definition) is 3. The van der Waals surface area contributed by atoms with Crippen LogP contribution in [0.5, 0.6) is 0 Å². The maximum absolute atomic E-state index is 13.1. The van der Waals surface area contributed by atoms with Crippen LogP contribution in [0.15, 0.2) is 36.7 Å². The molecular formula is C20H26N4O. The molecule has 1 aliphatic carbocycles. The van der Waals surface area contributed by atoms with E-state index < -0.39 is 0 Å². The third-order valence-electron chi connectivity index (χ3n) is 5.63. The first-order valence-electron chi connectivity index (χ1n) is 9.26. The Morgan fingerprint density at radius 2 is 2.16 bits per heavy atom. The zero-order chi connectivity index (χ0) is 17.2. The van der Waals surface area contributed by atoms with Gasteiger partial charge in [-0.1, -0.05) is 24.3 Å².